The molecule has 1 unspecified atom stereocenters. The van der Waals surface area contributed by atoms with Gasteiger partial charge in [0.15, 0.2) is 0 Å². The van der Waals surface area contributed by atoms with Crippen LogP contribution in [0.2, 0.25) is 0 Å². The standard InChI is InChI=1S/C12H16N2O4/c1-18-10(6-11(15)16)7-14-12(17)8-3-2-4-9(13)5-8/h2-5,10H,6-7,13H2,1H3,(H,14,17)(H,15,16). The normalized spacial score (nSPS) is 11.8. The van der Waals surface area contributed by atoms with Gasteiger partial charge in [-0.15, -0.1) is 0 Å². The van der Waals surface area contributed by atoms with E-state index in [2.05, 4.69) is 5.32 Å². The number of ether oxygens (including phenoxy) is 1. The van der Waals surface area contributed by atoms with Crippen molar-refractivity contribution >= 4 is 17.6 Å². The van der Waals surface area contributed by atoms with Gasteiger partial charge in [0.2, 0.25) is 0 Å². The second-order valence-corrected chi connectivity index (χ2v) is 3.79. The van der Waals surface area contributed by atoms with Gasteiger partial charge in [-0.1, -0.05) is 6.07 Å². The molecule has 0 radical (unpaired) electrons. The Bertz CT molecular complexity index is 434. The molecule has 0 bridgehead atoms. The lowest BCUT2D eigenvalue weighted by Crippen LogP contribution is -2.34. The van der Waals surface area contributed by atoms with Crippen LogP contribution in [0.25, 0.3) is 0 Å². The van der Waals surface area contributed by atoms with Crippen LogP contribution in [0.3, 0.4) is 0 Å². The summed E-state index contributed by atoms with van der Waals surface area (Å²) in [5, 5.41) is 11.2. The Morgan fingerprint density at radius 2 is 2.22 bits per heavy atom. The summed E-state index contributed by atoms with van der Waals surface area (Å²) in [5.41, 5.74) is 6.49. The minimum Gasteiger partial charge on any atom is -0.481 e. The lowest BCUT2D eigenvalue weighted by molar-refractivity contribution is -0.139. The molecule has 18 heavy (non-hydrogen) atoms. The number of methoxy groups -OCH3 is 1. The van der Waals surface area contributed by atoms with Gasteiger partial charge in [-0.2, -0.15) is 0 Å². The van der Waals surface area contributed by atoms with Gasteiger partial charge in [-0.3, -0.25) is 9.59 Å². The highest BCUT2D eigenvalue weighted by Gasteiger charge is 2.14. The fourth-order valence-electron chi connectivity index (χ4n) is 1.42. The Kier molecular flexibility index (Phi) is 5.13. The van der Waals surface area contributed by atoms with Crippen molar-refractivity contribution in [2.45, 2.75) is 12.5 Å². The summed E-state index contributed by atoms with van der Waals surface area (Å²) in [6, 6.07) is 6.54. The molecule has 0 aliphatic carbocycles. The van der Waals surface area contributed by atoms with Crippen LogP contribution in [0, 0.1) is 0 Å². The quantitative estimate of drug-likeness (QED) is 0.639. The van der Waals surface area contributed by atoms with Gasteiger partial charge < -0.3 is 20.9 Å². The molecule has 0 heterocycles. The van der Waals surface area contributed by atoms with Crippen molar-refractivity contribution in [3.63, 3.8) is 0 Å². The predicted molar refractivity (Wildman–Crippen MR) is 66.2 cm³/mol. The lowest BCUT2D eigenvalue weighted by Gasteiger charge is -2.14. The molecule has 0 aliphatic rings. The van der Waals surface area contributed by atoms with E-state index in [-0.39, 0.29) is 18.9 Å². The number of hydrogen-bond donors (Lipinski definition) is 3. The van der Waals surface area contributed by atoms with Crippen molar-refractivity contribution in [1.82, 2.24) is 5.32 Å². The van der Waals surface area contributed by atoms with Crippen LogP contribution in [0.5, 0.6) is 0 Å². The van der Waals surface area contributed by atoms with Crippen molar-refractivity contribution < 1.29 is 19.4 Å². The second kappa shape index (κ2) is 6.61. The van der Waals surface area contributed by atoms with Gasteiger partial charge in [-0.25, -0.2) is 0 Å². The number of carbonyl (C=O) groups is 2. The first kappa shape index (κ1) is 14.0. The first-order valence-electron chi connectivity index (χ1n) is 5.41. The highest BCUT2D eigenvalue weighted by atomic mass is 16.5. The molecular weight excluding hydrogens is 236 g/mol. The van der Waals surface area contributed by atoms with Gasteiger partial charge in [0.1, 0.15) is 0 Å². The number of nitrogens with one attached hydrogen (secondary N) is 1. The fraction of sp³-hybridized carbons (Fsp3) is 0.333. The number of anilines is 1. The van der Waals surface area contributed by atoms with Gasteiger partial charge in [0.05, 0.1) is 12.5 Å². The van der Waals surface area contributed by atoms with Crippen LogP contribution in [0.1, 0.15) is 16.8 Å². The van der Waals surface area contributed by atoms with Gasteiger partial charge in [0.25, 0.3) is 5.91 Å². The number of carbonyl (C=O) groups excluding carboxylic acids is 1. The minimum atomic E-state index is -0.972. The number of aliphatic carboxylic acids is 1. The number of carboxylic acids is 1. The molecule has 1 rings (SSSR count). The van der Waals surface area contributed by atoms with Crippen LogP contribution >= 0.6 is 0 Å². The van der Waals surface area contributed by atoms with E-state index in [1.807, 2.05) is 0 Å². The number of carboxylic acid groups (broad SMARTS) is 1. The topological polar surface area (TPSA) is 102 Å². The Labute approximate surface area is 105 Å². The molecule has 1 atom stereocenters. The van der Waals surface area contributed by atoms with Crippen LogP contribution in [-0.4, -0.2) is 36.7 Å². The zero-order valence-corrected chi connectivity index (χ0v) is 10.1. The zero-order valence-electron chi connectivity index (χ0n) is 10.1. The molecule has 6 heteroatoms. The molecule has 0 saturated carbocycles. The third-order valence-electron chi connectivity index (χ3n) is 2.37. The van der Waals surface area contributed by atoms with Crippen LogP contribution in [0.15, 0.2) is 24.3 Å². The molecule has 0 spiro atoms. The van der Waals surface area contributed by atoms with Crippen LogP contribution in [-0.2, 0) is 9.53 Å². The molecule has 1 amide bonds. The summed E-state index contributed by atoms with van der Waals surface area (Å²) in [5.74, 6) is -1.28. The third-order valence-corrected chi connectivity index (χ3v) is 2.37. The SMILES string of the molecule is COC(CNC(=O)c1cccc(N)c1)CC(=O)O. The van der Waals surface area contributed by atoms with E-state index in [9.17, 15) is 9.59 Å². The highest BCUT2D eigenvalue weighted by molar-refractivity contribution is 5.95. The van der Waals surface area contributed by atoms with E-state index in [1.165, 1.54) is 7.11 Å². The van der Waals surface area contributed by atoms with Gasteiger partial charge >= 0.3 is 5.97 Å². The van der Waals surface area contributed by atoms with E-state index in [4.69, 9.17) is 15.6 Å². The molecule has 0 aliphatic heterocycles. The number of nitrogens with two attached hydrogens (primary N) is 1. The molecule has 4 N–H and O–H groups in total. The third kappa shape index (κ3) is 4.42. The minimum absolute atomic E-state index is 0.135. The summed E-state index contributed by atoms with van der Waals surface area (Å²) < 4.78 is 4.95. The number of rotatable bonds is 6. The van der Waals surface area contributed by atoms with Crippen LogP contribution < -0.4 is 11.1 Å². The molecular formula is C12H16N2O4. The van der Waals surface area contributed by atoms with Crippen molar-refractivity contribution in [3.05, 3.63) is 29.8 Å². The van der Waals surface area contributed by atoms with Gasteiger partial charge in [-0.05, 0) is 18.2 Å². The van der Waals surface area contributed by atoms with Crippen molar-refractivity contribution in [2.75, 3.05) is 19.4 Å². The van der Waals surface area contributed by atoms with Gasteiger partial charge in [0, 0.05) is 24.9 Å². The molecule has 0 aromatic heterocycles. The monoisotopic (exact) mass is 252 g/mol. The highest BCUT2D eigenvalue weighted by Crippen LogP contribution is 2.06. The summed E-state index contributed by atoms with van der Waals surface area (Å²) in [6.45, 7) is 0.135. The van der Waals surface area contributed by atoms with Crippen molar-refractivity contribution in [1.29, 1.82) is 0 Å². The summed E-state index contributed by atoms with van der Waals surface area (Å²) in [7, 11) is 1.40. The number of nitrogen functional groups attached to an aromatic ring is 1. The summed E-state index contributed by atoms with van der Waals surface area (Å²) >= 11 is 0. The Morgan fingerprint density at radius 1 is 1.50 bits per heavy atom. The maximum atomic E-state index is 11.7. The number of amides is 1. The maximum Gasteiger partial charge on any atom is 0.306 e. The van der Waals surface area contributed by atoms with E-state index in [0.717, 1.165) is 0 Å². The summed E-state index contributed by atoms with van der Waals surface area (Å²) in [6.07, 6.45) is -0.708. The van der Waals surface area contributed by atoms with Crippen molar-refractivity contribution in [3.8, 4) is 0 Å². The molecule has 1 aromatic carbocycles. The maximum absolute atomic E-state index is 11.7. The molecule has 1 aromatic rings. The van der Waals surface area contributed by atoms with E-state index in [1.54, 1.807) is 24.3 Å². The fourth-order valence-corrected chi connectivity index (χ4v) is 1.42. The average Bonchev–Trinajstić information content (AvgIpc) is 2.33. The van der Waals surface area contributed by atoms with E-state index < -0.39 is 12.1 Å². The largest absolute Gasteiger partial charge is 0.481 e. The second-order valence-electron chi connectivity index (χ2n) is 3.79. The zero-order chi connectivity index (χ0) is 13.5. The van der Waals surface area contributed by atoms with Crippen LogP contribution in [0.4, 0.5) is 5.69 Å². The Balaban J connectivity index is 2.52. The van der Waals surface area contributed by atoms with E-state index in [0.29, 0.717) is 11.3 Å². The predicted octanol–water partition coefficient (Wildman–Crippen LogP) is 0.488. The van der Waals surface area contributed by atoms with E-state index >= 15 is 0 Å². The molecule has 0 fully saturated rings. The first-order chi connectivity index (χ1) is 8.52. The molecule has 98 valence electrons. The lowest BCUT2D eigenvalue weighted by atomic mass is 10.2. The Morgan fingerprint density at radius 3 is 2.78 bits per heavy atom. The molecule has 6 nitrogen and oxygen atoms in total. The summed E-state index contributed by atoms with van der Waals surface area (Å²) in [4.78, 5) is 22.3. The molecule has 0 saturated heterocycles. The average molecular weight is 252 g/mol. The first-order valence-corrected chi connectivity index (χ1v) is 5.41. The number of benzene rings is 1. The smallest absolute Gasteiger partial charge is 0.306 e. The van der Waals surface area contributed by atoms with Crippen molar-refractivity contribution in [2.24, 2.45) is 0 Å². The number of hydrogen-bond acceptors (Lipinski definition) is 4. The Hall–Kier alpha value is -2.08.